The van der Waals surface area contributed by atoms with Crippen LogP contribution in [0.4, 0.5) is 10.5 Å². The number of rotatable bonds is 8. The van der Waals surface area contributed by atoms with Gasteiger partial charge >= 0.3 is 6.09 Å². The minimum Gasteiger partial charge on any atom is -0.493 e. The lowest BCUT2D eigenvalue weighted by molar-refractivity contribution is 0.154. The number of ether oxygens (including phenoxy) is 4. The molecule has 0 fully saturated rings. The number of nitrogens with one attached hydrogen (secondary N) is 1. The number of benzene rings is 2. The maximum Gasteiger partial charge on any atom is 0.411 e. The van der Waals surface area contributed by atoms with E-state index in [0.29, 0.717) is 17.2 Å². The Kier molecular flexibility index (Phi) is 7.76. The molecule has 0 saturated heterocycles. The van der Waals surface area contributed by atoms with Gasteiger partial charge in [-0.05, 0) is 40.7 Å². The molecule has 0 atom stereocenters. The van der Waals surface area contributed by atoms with Gasteiger partial charge in [0.25, 0.3) is 0 Å². The first kappa shape index (κ1) is 22.4. The highest BCUT2D eigenvalue weighted by molar-refractivity contribution is 5.87. The quantitative estimate of drug-likeness (QED) is 0.614. The summed E-state index contributed by atoms with van der Waals surface area (Å²) in [6.45, 7) is 8.48. The number of hydrogen-bond donors (Lipinski definition) is 1. The maximum atomic E-state index is 12.5. The van der Waals surface area contributed by atoms with E-state index >= 15 is 0 Å². The predicted molar refractivity (Wildman–Crippen MR) is 115 cm³/mol. The maximum absolute atomic E-state index is 12.5. The summed E-state index contributed by atoms with van der Waals surface area (Å²) >= 11 is 0. The van der Waals surface area contributed by atoms with E-state index in [0.717, 1.165) is 22.4 Å². The number of para-hydroxylation sites is 1. The second-order valence-corrected chi connectivity index (χ2v) is 7.36. The van der Waals surface area contributed by atoms with Crippen molar-refractivity contribution in [3.05, 3.63) is 47.0 Å². The highest BCUT2D eigenvalue weighted by Crippen LogP contribution is 2.38. The average molecular weight is 402 g/mol. The second-order valence-electron chi connectivity index (χ2n) is 7.36. The van der Waals surface area contributed by atoms with Crippen molar-refractivity contribution in [2.45, 2.75) is 46.1 Å². The minimum atomic E-state index is -0.506. The lowest BCUT2D eigenvalue weighted by Gasteiger charge is -2.20. The first-order valence-electron chi connectivity index (χ1n) is 9.67. The van der Waals surface area contributed by atoms with Crippen LogP contribution in [0.25, 0.3) is 0 Å². The van der Waals surface area contributed by atoms with Gasteiger partial charge in [-0.3, -0.25) is 5.32 Å². The molecule has 1 amide bonds. The molecule has 158 valence electrons. The van der Waals surface area contributed by atoms with Crippen molar-refractivity contribution in [2.24, 2.45) is 0 Å². The highest BCUT2D eigenvalue weighted by atomic mass is 16.5. The molecule has 0 unspecified atom stereocenters. The van der Waals surface area contributed by atoms with Gasteiger partial charge in [-0.25, -0.2) is 4.79 Å². The van der Waals surface area contributed by atoms with Crippen molar-refractivity contribution in [1.29, 1.82) is 0 Å². The van der Waals surface area contributed by atoms with Crippen molar-refractivity contribution in [3.8, 4) is 17.2 Å². The summed E-state index contributed by atoms with van der Waals surface area (Å²) in [5.74, 6) is 2.07. The Labute approximate surface area is 173 Å². The van der Waals surface area contributed by atoms with Gasteiger partial charge in [0.15, 0.2) is 11.5 Å². The highest BCUT2D eigenvalue weighted by Gasteiger charge is 2.18. The monoisotopic (exact) mass is 401 g/mol. The van der Waals surface area contributed by atoms with Gasteiger partial charge in [-0.15, -0.1) is 0 Å². The summed E-state index contributed by atoms with van der Waals surface area (Å²) in [5.41, 5.74) is 3.73. The molecule has 0 bridgehead atoms. The third-order valence-electron chi connectivity index (χ3n) is 4.69. The third-order valence-corrected chi connectivity index (χ3v) is 4.69. The molecule has 0 aliphatic rings. The van der Waals surface area contributed by atoms with Crippen LogP contribution in [-0.4, -0.2) is 27.4 Å². The summed E-state index contributed by atoms with van der Waals surface area (Å²) in [6.07, 6.45) is -0.506. The molecule has 0 heterocycles. The largest absolute Gasteiger partial charge is 0.493 e. The van der Waals surface area contributed by atoms with Gasteiger partial charge < -0.3 is 18.9 Å². The molecule has 2 aromatic rings. The Balaban J connectivity index is 2.19. The standard InChI is InChI=1S/C23H31NO5/c1-14(2)17-9-8-10-18(15(3)4)21(17)24-23(25)29-13-16-11-19(26-5)22(28-7)20(12-16)27-6/h8-12,14-15H,13H2,1-7H3,(H,24,25). The normalized spacial score (nSPS) is 10.8. The first-order valence-corrected chi connectivity index (χ1v) is 9.67. The van der Waals surface area contributed by atoms with E-state index in [2.05, 4.69) is 33.0 Å². The zero-order valence-corrected chi connectivity index (χ0v) is 18.3. The van der Waals surface area contributed by atoms with Crippen LogP contribution in [0.15, 0.2) is 30.3 Å². The fraction of sp³-hybridized carbons (Fsp3) is 0.435. The molecule has 0 aromatic heterocycles. The summed E-state index contributed by atoms with van der Waals surface area (Å²) < 4.78 is 21.5. The van der Waals surface area contributed by atoms with Crippen LogP contribution in [-0.2, 0) is 11.3 Å². The topological polar surface area (TPSA) is 66.0 Å². The number of amides is 1. The van der Waals surface area contributed by atoms with E-state index < -0.39 is 6.09 Å². The SMILES string of the molecule is COc1cc(COC(=O)Nc2c(C(C)C)cccc2C(C)C)cc(OC)c1OC. The minimum absolute atomic E-state index is 0.0728. The molecule has 6 heteroatoms. The summed E-state index contributed by atoms with van der Waals surface area (Å²) in [5, 5.41) is 2.94. The van der Waals surface area contributed by atoms with Crippen LogP contribution >= 0.6 is 0 Å². The third kappa shape index (κ3) is 5.34. The average Bonchev–Trinajstić information content (AvgIpc) is 2.70. The van der Waals surface area contributed by atoms with Crippen molar-refractivity contribution < 1.29 is 23.7 Å². The zero-order chi connectivity index (χ0) is 21.6. The van der Waals surface area contributed by atoms with Crippen LogP contribution < -0.4 is 19.5 Å². The van der Waals surface area contributed by atoms with Gasteiger partial charge in [0.1, 0.15) is 6.61 Å². The summed E-state index contributed by atoms with van der Waals surface area (Å²) in [7, 11) is 4.64. The van der Waals surface area contributed by atoms with Gasteiger partial charge in [0, 0.05) is 0 Å². The smallest absolute Gasteiger partial charge is 0.411 e. The molecule has 0 radical (unpaired) electrons. The Bertz CT molecular complexity index is 794. The van der Waals surface area contributed by atoms with Gasteiger partial charge in [-0.2, -0.15) is 0 Å². The second kappa shape index (κ2) is 10.0. The number of carbonyl (C=O) groups is 1. The molecular formula is C23H31NO5. The molecule has 1 N–H and O–H groups in total. The van der Waals surface area contributed by atoms with E-state index in [1.54, 1.807) is 33.5 Å². The lowest BCUT2D eigenvalue weighted by Crippen LogP contribution is -2.17. The molecule has 6 nitrogen and oxygen atoms in total. The van der Waals surface area contributed by atoms with E-state index in [-0.39, 0.29) is 18.4 Å². The predicted octanol–water partition coefficient (Wildman–Crippen LogP) is 5.71. The number of anilines is 1. The fourth-order valence-electron chi connectivity index (χ4n) is 3.20. The Morgan fingerprint density at radius 1 is 0.897 bits per heavy atom. The van der Waals surface area contributed by atoms with Crippen LogP contribution in [0.1, 0.15) is 56.2 Å². The Morgan fingerprint density at radius 2 is 1.41 bits per heavy atom. The molecule has 29 heavy (non-hydrogen) atoms. The number of carbonyl (C=O) groups excluding carboxylic acids is 1. The van der Waals surface area contributed by atoms with Gasteiger partial charge in [0.2, 0.25) is 5.75 Å². The van der Waals surface area contributed by atoms with Crippen molar-refractivity contribution in [2.75, 3.05) is 26.6 Å². The number of methoxy groups -OCH3 is 3. The van der Waals surface area contributed by atoms with Crippen LogP contribution in [0.2, 0.25) is 0 Å². The summed E-state index contributed by atoms with van der Waals surface area (Å²) in [6, 6.07) is 9.61. The zero-order valence-electron chi connectivity index (χ0n) is 18.3. The summed E-state index contributed by atoms with van der Waals surface area (Å²) in [4.78, 5) is 12.5. The fourth-order valence-corrected chi connectivity index (χ4v) is 3.20. The van der Waals surface area contributed by atoms with Crippen LogP contribution in [0, 0.1) is 0 Å². The van der Waals surface area contributed by atoms with Crippen LogP contribution in [0.5, 0.6) is 17.2 Å². The molecule has 0 aliphatic carbocycles. The van der Waals surface area contributed by atoms with Crippen LogP contribution in [0.3, 0.4) is 0 Å². The first-order chi connectivity index (χ1) is 13.8. The number of hydrogen-bond acceptors (Lipinski definition) is 5. The molecule has 0 spiro atoms. The van der Waals surface area contributed by atoms with Crippen molar-refractivity contribution in [1.82, 2.24) is 0 Å². The Morgan fingerprint density at radius 3 is 1.83 bits per heavy atom. The van der Waals surface area contributed by atoms with E-state index in [1.165, 1.54) is 0 Å². The molecule has 2 rings (SSSR count). The lowest BCUT2D eigenvalue weighted by atomic mass is 9.93. The van der Waals surface area contributed by atoms with E-state index in [9.17, 15) is 4.79 Å². The molecule has 0 aliphatic heterocycles. The van der Waals surface area contributed by atoms with E-state index in [4.69, 9.17) is 18.9 Å². The Hall–Kier alpha value is -2.89. The molecular weight excluding hydrogens is 370 g/mol. The molecule has 0 saturated carbocycles. The van der Waals surface area contributed by atoms with Gasteiger partial charge in [0.05, 0.1) is 27.0 Å². The molecule has 2 aromatic carbocycles. The van der Waals surface area contributed by atoms with Crippen molar-refractivity contribution >= 4 is 11.8 Å². The van der Waals surface area contributed by atoms with E-state index in [1.807, 2.05) is 18.2 Å². The van der Waals surface area contributed by atoms with Crippen molar-refractivity contribution in [3.63, 3.8) is 0 Å². The van der Waals surface area contributed by atoms with Gasteiger partial charge in [-0.1, -0.05) is 45.9 Å².